The van der Waals surface area contributed by atoms with Gasteiger partial charge in [0.25, 0.3) is 0 Å². The molecular formula is C17H26N2O4. The first-order chi connectivity index (χ1) is 10.8. The lowest BCUT2D eigenvalue weighted by Crippen LogP contribution is -2.41. The van der Waals surface area contributed by atoms with Gasteiger partial charge < -0.3 is 20.1 Å². The Bertz CT molecular complexity index is 497. The molecule has 1 aromatic rings. The lowest BCUT2D eigenvalue weighted by Gasteiger charge is -2.20. The van der Waals surface area contributed by atoms with E-state index in [1.165, 1.54) is 0 Å². The number of alkyl carbamates (subject to hydrolysis) is 1. The van der Waals surface area contributed by atoms with Crippen molar-refractivity contribution in [2.24, 2.45) is 0 Å². The van der Waals surface area contributed by atoms with E-state index < -0.39 is 17.7 Å². The van der Waals surface area contributed by atoms with Crippen molar-refractivity contribution in [3.63, 3.8) is 0 Å². The molecule has 0 radical (unpaired) electrons. The summed E-state index contributed by atoms with van der Waals surface area (Å²) in [5, 5.41) is 5.61. The van der Waals surface area contributed by atoms with Crippen LogP contribution in [0.4, 0.5) is 4.79 Å². The maximum absolute atomic E-state index is 11.8. The third-order valence-electron chi connectivity index (χ3n) is 2.82. The highest BCUT2D eigenvalue weighted by Crippen LogP contribution is 2.06. The van der Waals surface area contributed by atoms with Crippen molar-refractivity contribution < 1.29 is 19.1 Å². The number of carbonyl (C=O) groups is 2. The maximum Gasteiger partial charge on any atom is 0.407 e. The molecule has 0 aliphatic rings. The normalized spacial score (nSPS) is 12.3. The van der Waals surface area contributed by atoms with E-state index in [4.69, 9.17) is 9.47 Å². The minimum Gasteiger partial charge on any atom is -0.460 e. The molecule has 6 heteroatoms. The monoisotopic (exact) mass is 322 g/mol. The highest BCUT2D eigenvalue weighted by Gasteiger charge is 2.16. The molecule has 128 valence electrons. The third kappa shape index (κ3) is 8.83. The van der Waals surface area contributed by atoms with Gasteiger partial charge in [0.05, 0.1) is 0 Å². The van der Waals surface area contributed by atoms with Crippen LogP contribution in [0.1, 0.15) is 33.3 Å². The molecule has 0 aromatic heterocycles. The Morgan fingerprint density at radius 2 is 1.78 bits per heavy atom. The summed E-state index contributed by atoms with van der Waals surface area (Å²) in [5.74, 6) is -0.328. The van der Waals surface area contributed by atoms with Crippen LogP contribution in [0.25, 0.3) is 0 Å². The SMILES string of the molecule is CC(NCCNC(=O)OC(C)(C)C)C(=O)OCc1ccccc1. The topological polar surface area (TPSA) is 76.7 Å². The standard InChI is InChI=1S/C17H26N2O4/c1-13(15(20)22-12-14-8-6-5-7-9-14)18-10-11-19-16(21)23-17(2,3)4/h5-9,13,18H,10-12H2,1-4H3,(H,19,21). The van der Waals surface area contributed by atoms with Gasteiger partial charge in [-0.05, 0) is 33.3 Å². The molecule has 1 amide bonds. The molecule has 6 nitrogen and oxygen atoms in total. The molecule has 2 N–H and O–H groups in total. The van der Waals surface area contributed by atoms with Crippen molar-refractivity contribution in [1.82, 2.24) is 10.6 Å². The van der Waals surface area contributed by atoms with Crippen LogP contribution in [0, 0.1) is 0 Å². The Kier molecular flexibility index (Phi) is 7.54. The summed E-state index contributed by atoms with van der Waals surface area (Å²) in [7, 11) is 0. The van der Waals surface area contributed by atoms with Crippen LogP contribution in [0.2, 0.25) is 0 Å². The van der Waals surface area contributed by atoms with Gasteiger partial charge in [-0.1, -0.05) is 30.3 Å². The van der Waals surface area contributed by atoms with Gasteiger partial charge in [-0.2, -0.15) is 0 Å². The highest BCUT2D eigenvalue weighted by molar-refractivity contribution is 5.75. The van der Waals surface area contributed by atoms with Crippen LogP contribution in [0.3, 0.4) is 0 Å². The number of benzene rings is 1. The lowest BCUT2D eigenvalue weighted by atomic mass is 10.2. The Hall–Kier alpha value is -2.08. The van der Waals surface area contributed by atoms with Crippen LogP contribution in [-0.2, 0) is 20.9 Å². The Balaban J connectivity index is 2.17. The van der Waals surface area contributed by atoms with Crippen LogP contribution < -0.4 is 10.6 Å². The molecule has 1 aromatic carbocycles. The molecular weight excluding hydrogens is 296 g/mol. The van der Waals surface area contributed by atoms with Gasteiger partial charge in [-0.3, -0.25) is 4.79 Å². The van der Waals surface area contributed by atoms with Gasteiger partial charge >= 0.3 is 12.1 Å². The van der Waals surface area contributed by atoms with E-state index in [-0.39, 0.29) is 12.6 Å². The average Bonchev–Trinajstić information content (AvgIpc) is 2.48. The second kappa shape index (κ2) is 9.15. The second-order valence-electron chi connectivity index (χ2n) is 6.20. The maximum atomic E-state index is 11.8. The van der Waals surface area contributed by atoms with E-state index in [1.54, 1.807) is 27.7 Å². The number of amides is 1. The molecule has 1 unspecified atom stereocenters. The predicted octanol–water partition coefficient (Wildman–Crippen LogP) is 2.23. The van der Waals surface area contributed by atoms with Gasteiger partial charge in [0, 0.05) is 13.1 Å². The van der Waals surface area contributed by atoms with Gasteiger partial charge in [-0.15, -0.1) is 0 Å². The number of ether oxygens (including phenoxy) is 2. The van der Waals surface area contributed by atoms with Crippen LogP contribution in [0.15, 0.2) is 30.3 Å². The number of carbonyl (C=O) groups excluding carboxylic acids is 2. The van der Waals surface area contributed by atoms with E-state index >= 15 is 0 Å². The highest BCUT2D eigenvalue weighted by atomic mass is 16.6. The molecule has 0 heterocycles. The van der Waals surface area contributed by atoms with E-state index in [1.807, 2.05) is 30.3 Å². The molecule has 0 aliphatic carbocycles. The molecule has 0 aliphatic heterocycles. The summed E-state index contributed by atoms with van der Waals surface area (Å²) in [4.78, 5) is 23.3. The Morgan fingerprint density at radius 3 is 2.39 bits per heavy atom. The van der Waals surface area contributed by atoms with Crippen molar-refractivity contribution >= 4 is 12.1 Å². The zero-order valence-electron chi connectivity index (χ0n) is 14.2. The number of hydrogen-bond donors (Lipinski definition) is 2. The quantitative estimate of drug-likeness (QED) is 0.595. The van der Waals surface area contributed by atoms with E-state index in [0.29, 0.717) is 13.1 Å². The lowest BCUT2D eigenvalue weighted by molar-refractivity contribution is -0.147. The molecule has 0 fully saturated rings. The first kappa shape index (κ1) is 19.0. The third-order valence-corrected chi connectivity index (χ3v) is 2.82. The van der Waals surface area contributed by atoms with Crippen molar-refractivity contribution in [2.75, 3.05) is 13.1 Å². The second-order valence-corrected chi connectivity index (χ2v) is 6.20. The molecule has 0 spiro atoms. The molecule has 1 atom stereocenters. The Labute approximate surface area is 137 Å². The van der Waals surface area contributed by atoms with Crippen LogP contribution in [-0.4, -0.2) is 36.8 Å². The van der Waals surface area contributed by atoms with Crippen LogP contribution in [0.5, 0.6) is 0 Å². The number of esters is 1. The van der Waals surface area contributed by atoms with Crippen molar-refractivity contribution in [1.29, 1.82) is 0 Å². The summed E-state index contributed by atoms with van der Waals surface area (Å²) in [6.45, 7) is 8.19. The fourth-order valence-electron chi connectivity index (χ4n) is 1.70. The van der Waals surface area contributed by atoms with Crippen molar-refractivity contribution in [2.45, 2.75) is 45.9 Å². The van der Waals surface area contributed by atoms with E-state index in [2.05, 4.69) is 10.6 Å². The Morgan fingerprint density at radius 1 is 1.13 bits per heavy atom. The van der Waals surface area contributed by atoms with Crippen LogP contribution >= 0.6 is 0 Å². The fourth-order valence-corrected chi connectivity index (χ4v) is 1.70. The van der Waals surface area contributed by atoms with Gasteiger partial charge in [0.2, 0.25) is 0 Å². The summed E-state index contributed by atoms with van der Waals surface area (Å²) in [5.41, 5.74) is 0.422. The molecule has 0 saturated carbocycles. The van der Waals surface area contributed by atoms with Gasteiger partial charge in [0.1, 0.15) is 18.2 Å². The molecule has 0 saturated heterocycles. The smallest absolute Gasteiger partial charge is 0.407 e. The largest absolute Gasteiger partial charge is 0.460 e. The zero-order valence-corrected chi connectivity index (χ0v) is 14.2. The fraction of sp³-hybridized carbons (Fsp3) is 0.529. The number of nitrogens with one attached hydrogen (secondary N) is 2. The first-order valence-corrected chi connectivity index (χ1v) is 7.69. The molecule has 23 heavy (non-hydrogen) atoms. The van der Waals surface area contributed by atoms with Crippen molar-refractivity contribution in [3.8, 4) is 0 Å². The van der Waals surface area contributed by atoms with Crippen molar-refractivity contribution in [3.05, 3.63) is 35.9 Å². The minimum atomic E-state index is -0.522. The van der Waals surface area contributed by atoms with Gasteiger partial charge in [-0.25, -0.2) is 4.79 Å². The average molecular weight is 322 g/mol. The minimum absolute atomic E-state index is 0.252. The summed E-state index contributed by atoms with van der Waals surface area (Å²) in [6.07, 6.45) is -0.474. The van der Waals surface area contributed by atoms with Gasteiger partial charge in [0.15, 0.2) is 0 Å². The number of rotatable bonds is 7. The first-order valence-electron chi connectivity index (χ1n) is 7.69. The summed E-state index contributed by atoms with van der Waals surface area (Å²) >= 11 is 0. The number of hydrogen-bond acceptors (Lipinski definition) is 5. The molecule has 0 bridgehead atoms. The van der Waals surface area contributed by atoms with E-state index in [9.17, 15) is 9.59 Å². The zero-order chi connectivity index (χ0) is 17.3. The molecule has 1 rings (SSSR count). The summed E-state index contributed by atoms with van der Waals surface area (Å²) < 4.78 is 10.3. The van der Waals surface area contributed by atoms with E-state index in [0.717, 1.165) is 5.56 Å². The summed E-state index contributed by atoms with van der Waals surface area (Å²) in [6, 6.07) is 9.05. The predicted molar refractivity (Wildman–Crippen MR) is 87.9 cm³/mol.